The smallest absolute Gasteiger partial charge is 0.243 e. The topological polar surface area (TPSA) is 51.0 Å². The summed E-state index contributed by atoms with van der Waals surface area (Å²) in [6, 6.07) is 0.144. The second-order valence-electron chi connectivity index (χ2n) is 4.62. The number of hydrogen-bond donors (Lipinski definition) is 1. The fraction of sp³-hybridized carbons (Fsp3) is 0.818. The molecule has 4 nitrogen and oxygen atoms in total. The summed E-state index contributed by atoms with van der Waals surface area (Å²) in [7, 11) is 1.90. The van der Waals surface area contributed by atoms with E-state index in [1.165, 1.54) is 19.3 Å². The van der Waals surface area contributed by atoms with Crippen LogP contribution in [-0.4, -0.2) is 17.2 Å². The lowest BCUT2D eigenvalue weighted by Crippen LogP contribution is -2.12. The van der Waals surface area contributed by atoms with E-state index < -0.39 is 0 Å². The zero-order valence-electron chi connectivity index (χ0n) is 9.66. The first-order valence-corrected chi connectivity index (χ1v) is 5.71. The van der Waals surface area contributed by atoms with E-state index in [0.29, 0.717) is 11.8 Å². The van der Waals surface area contributed by atoms with Crippen LogP contribution >= 0.6 is 0 Å². The quantitative estimate of drug-likeness (QED) is 0.829. The van der Waals surface area contributed by atoms with Crippen LogP contribution in [-0.2, 0) is 0 Å². The van der Waals surface area contributed by atoms with Crippen molar-refractivity contribution in [2.75, 3.05) is 7.05 Å². The highest BCUT2D eigenvalue weighted by Crippen LogP contribution is 2.36. The van der Waals surface area contributed by atoms with Gasteiger partial charge >= 0.3 is 0 Å². The summed E-state index contributed by atoms with van der Waals surface area (Å²) < 4.78 is 5.24. The molecular formula is C11H19N3O. The van der Waals surface area contributed by atoms with Crippen LogP contribution in [0.25, 0.3) is 0 Å². The number of nitrogens with one attached hydrogen (secondary N) is 1. The molecule has 0 radical (unpaired) electrons. The van der Waals surface area contributed by atoms with Gasteiger partial charge in [-0.3, -0.25) is 0 Å². The zero-order valence-corrected chi connectivity index (χ0v) is 9.66. The fourth-order valence-electron chi connectivity index (χ4n) is 2.15. The zero-order chi connectivity index (χ0) is 10.8. The van der Waals surface area contributed by atoms with Crippen LogP contribution < -0.4 is 5.32 Å². The highest BCUT2D eigenvalue weighted by atomic mass is 16.5. The Morgan fingerprint density at radius 3 is 2.87 bits per heavy atom. The van der Waals surface area contributed by atoms with Crippen molar-refractivity contribution in [1.82, 2.24) is 15.5 Å². The normalized spacial score (nSPS) is 28.2. The molecular weight excluding hydrogens is 190 g/mol. The monoisotopic (exact) mass is 209 g/mol. The van der Waals surface area contributed by atoms with Crippen LogP contribution in [0, 0.1) is 5.92 Å². The second-order valence-corrected chi connectivity index (χ2v) is 4.62. The van der Waals surface area contributed by atoms with Crippen LogP contribution in [0.15, 0.2) is 4.52 Å². The van der Waals surface area contributed by atoms with Gasteiger partial charge in [0.2, 0.25) is 5.89 Å². The van der Waals surface area contributed by atoms with E-state index in [2.05, 4.69) is 22.4 Å². The maximum atomic E-state index is 5.24. The van der Waals surface area contributed by atoms with Crippen molar-refractivity contribution in [2.45, 2.75) is 45.1 Å². The maximum absolute atomic E-state index is 5.24. The lowest BCUT2D eigenvalue weighted by atomic mass is 10.1. The van der Waals surface area contributed by atoms with Crippen molar-refractivity contribution < 1.29 is 4.52 Å². The molecule has 0 aromatic carbocycles. The van der Waals surface area contributed by atoms with E-state index >= 15 is 0 Å². The van der Waals surface area contributed by atoms with Crippen molar-refractivity contribution in [2.24, 2.45) is 5.92 Å². The first kappa shape index (κ1) is 10.6. The van der Waals surface area contributed by atoms with Gasteiger partial charge in [0.15, 0.2) is 5.82 Å². The van der Waals surface area contributed by atoms with Gasteiger partial charge in [0, 0.05) is 5.92 Å². The average molecular weight is 209 g/mol. The van der Waals surface area contributed by atoms with Crippen LogP contribution in [0.5, 0.6) is 0 Å². The third kappa shape index (κ3) is 2.20. The Morgan fingerprint density at radius 1 is 1.47 bits per heavy atom. The summed E-state index contributed by atoms with van der Waals surface area (Å²) in [6.45, 7) is 4.31. The van der Waals surface area contributed by atoms with Gasteiger partial charge in [-0.2, -0.15) is 4.98 Å². The van der Waals surface area contributed by atoms with E-state index in [9.17, 15) is 0 Å². The van der Waals surface area contributed by atoms with E-state index in [1.807, 2.05) is 14.0 Å². The average Bonchev–Trinajstić information content (AvgIpc) is 2.84. The molecule has 4 heteroatoms. The first-order valence-electron chi connectivity index (χ1n) is 5.71. The molecule has 1 N–H and O–H groups in total. The molecule has 0 amide bonds. The third-order valence-corrected chi connectivity index (χ3v) is 3.32. The maximum Gasteiger partial charge on any atom is 0.243 e. The Balaban J connectivity index is 2.07. The molecule has 84 valence electrons. The van der Waals surface area contributed by atoms with Crippen LogP contribution in [0.2, 0.25) is 0 Å². The molecule has 1 heterocycles. The molecule has 3 unspecified atom stereocenters. The van der Waals surface area contributed by atoms with Gasteiger partial charge in [-0.1, -0.05) is 12.1 Å². The Kier molecular flexibility index (Phi) is 3.05. The van der Waals surface area contributed by atoms with E-state index in [1.54, 1.807) is 0 Å². The molecule has 0 spiro atoms. The largest absolute Gasteiger partial charge is 0.338 e. The Bertz CT molecular complexity index is 323. The lowest BCUT2D eigenvalue weighted by Gasteiger charge is -2.03. The van der Waals surface area contributed by atoms with E-state index in [4.69, 9.17) is 4.52 Å². The molecule has 15 heavy (non-hydrogen) atoms. The number of hydrogen-bond acceptors (Lipinski definition) is 4. The Hall–Kier alpha value is -0.900. The van der Waals surface area contributed by atoms with Crippen molar-refractivity contribution in [3.63, 3.8) is 0 Å². The van der Waals surface area contributed by atoms with Crippen LogP contribution in [0.3, 0.4) is 0 Å². The predicted molar refractivity (Wildman–Crippen MR) is 57.5 cm³/mol. The van der Waals surface area contributed by atoms with Gasteiger partial charge in [0.05, 0.1) is 6.04 Å². The van der Waals surface area contributed by atoms with Gasteiger partial charge in [0.25, 0.3) is 0 Å². The summed E-state index contributed by atoms with van der Waals surface area (Å²) >= 11 is 0. The van der Waals surface area contributed by atoms with Gasteiger partial charge in [0.1, 0.15) is 0 Å². The number of aromatic nitrogens is 2. The second kappa shape index (κ2) is 4.31. The Morgan fingerprint density at radius 2 is 2.27 bits per heavy atom. The summed E-state index contributed by atoms with van der Waals surface area (Å²) in [5.41, 5.74) is 0. The van der Waals surface area contributed by atoms with Gasteiger partial charge in [-0.05, 0) is 39.2 Å². The SMILES string of the molecule is CNC(C)c1nc(C2CCC(C)C2)no1. The van der Waals surface area contributed by atoms with Crippen molar-refractivity contribution in [3.8, 4) is 0 Å². The van der Waals surface area contributed by atoms with Crippen molar-refractivity contribution in [1.29, 1.82) is 0 Å². The molecule has 1 aliphatic carbocycles. The number of nitrogens with zero attached hydrogens (tertiary/aromatic N) is 2. The molecule has 1 aromatic rings. The molecule has 3 atom stereocenters. The molecule has 0 bridgehead atoms. The number of rotatable bonds is 3. The molecule has 0 aliphatic heterocycles. The highest BCUT2D eigenvalue weighted by molar-refractivity contribution is 5.00. The summed E-state index contributed by atoms with van der Waals surface area (Å²) in [5.74, 6) is 2.92. The summed E-state index contributed by atoms with van der Waals surface area (Å²) in [6.07, 6.45) is 3.69. The molecule has 1 aliphatic rings. The lowest BCUT2D eigenvalue weighted by molar-refractivity contribution is 0.341. The molecule has 0 saturated heterocycles. The fourth-order valence-corrected chi connectivity index (χ4v) is 2.15. The molecule has 1 saturated carbocycles. The summed E-state index contributed by atoms with van der Waals surface area (Å²) in [4.78, 5) is 4.46. The van der Waals surface area contributed by atoms with E-state index in [0.717, 1.165) is 11.7 Å². The highest BCUT2D eigenvalue weighted by Gasteiger charge is 2.27. The van der Waals surface area contributed by atoms with Crippen molar-refractivity contribution in [3.05, 3.63) is 11.7 Å². The standard InChI is InChI=1S/C11H19N3O/c1-7-4-5-9(6-7)10-13-11(15-14-10)8(2)12-3/h7-9,12H,4-6H2,1-3H3. The van der Waals surface area contributed by atoms with E-state index in [-0.39, 0.29) is 6.04 Å². The minimum Gasteiger partial charge on any atom is -0.338 e. The van der Waals surface area contributed by atoms with Crippen molar-refractivity contribution >= 4 is 0 Å². The third-order valence-electron chi connectivity index (χ3n) is 3.32. The molecule has 1 fully saturated rings. The molecule has 2 rings (SSSR count). The van der Waals surface area contributed by atoms with Crippen LogP contribution in [0.4, 0.5) is 0 Å². The Labute approximate surface area is 90.4 Å². The minimum atomic E-state index is 0.144. The van der Waals surface area contributed by atoms with Gasteiger partial charge in [-0.25, -0.2) is 0 Å². The predicted octanol–water partition coefficient (Wildman–Crippen LogP) is 2.25. The van der Waals surface area contributed by atoms with Gasteiger partial charge in [-0.15, -0.1) is 0 Å². The first-order chi connectivity index (χ1) is 7.20. The summed E-state index contributed by atoms with van der Waals surface area (Å²) in [5, 5.41) is 7.17. The minimum absolute atomic E-state index is 0.144. The molecule has 1 aromatic heterocycles. The van der Waals surface area contributed by atoms with Crippen LogP contribution in [0.1, 0.15) is 56.8 Å². The van der Waals surface area contributed by atoms with Gasteiger partial charge < -0.3 is 9.84 Å².